The SMILES string of the molecule is Brc1ccc2c(c1)c1cc3ccccc3cc1n2-c1ccccc1-c1ccccc1. The van der Waals surface area contributed by atoms with Crippen molar-refractivity contribution in [3.8, 4) is 16.8 Å². The number of hydrogen-bond acceptors (Lipinski definition) is 0. The minimum atomic E-state index is 1.10. The minimum absolute atomic E-state index is 1.10. The molecule has 6 aromatic rings. The molecule has 5 aromatic carbocycles. The summed E-state index contributed by atoms with van der Waals surface area (Å²) in [7, 11) is 0. The summed E-state index contributed by atoms with van der Waals surface area (Å²) in [5.74, 6) is 0. The lowest BCUT2D eigenvalue weighted by Gasteiger charge is -2.14. The lowest BCUT2D eigenvalue weighted by molar-refractivity contribution is 1.18. The molecule has 0 spiro atoms. The van der Waals surface area contributed by atoms with Crippen LogP contribution in [-0.4, -0.2) is 4.57 Å². The number of aromatic nitrogens is 1. The molecule has 0 aliphatic heterocycles. The first-order chi connectivity index (χ1) is 14.8. The molecule has 0 aliphatic carbocycles. The monoisotopic (exact) mass is 447 g/mol. The third-order valence-corrected chi connectivity index (χ3v) is 6.32. The standard InChI is InChI=1S/C28H18BrN/c29-22-14-15-27-25(18-22)24-16-20-10-4-5-11-21(20)17-28(24)30(27)26-13-7-6-12-23(26)19-8-2-1-3-9-19/h1-18H. The number of rotatable bonds is 2. The molecule has 0 atom stereocenters. The smallest absolute Gasteiger partial charge is 0.0547 e. The predicted octanol–water partition coefficient (Wildman–Crippen LogP) is 8.37. The molecular weight excluding hydrogens is 430 g/mol. The molecular formula is C28H18BrN. The Morgan fingerprint density at radius 3 is 2.03 bits per heavy atom. The average Bonchev–Trinajstić information content (AvgIpc) is 3.10. The second-order valence-electron chi connectivity index (χ2n) is 7.60. The molecule has 0 bridgehead atoms. The molecule has 0 unspecified atom stereocenters. The van der Waals surface area contributed by atoms with Crippen LogP contribution >= 0.6 is 15.9 Å². The van der Waals surface area contributed by atoms with Crippen molar-refractivity contribution in [2.45, 2.75) is 0 Å². The highest BCUT2D eigenvalue weighted by molar-refractivity contribution is 9.10. The molecule has 142 valence electrons. The number of hydrogen-bond donors (Lipinski definition) is 0. The van der Waals surface area contributed by atoms with E-state index in [1.807, 2.05) is 0 Å². The van der Waals surface area contributed by atoms with Gasteiger partial charge in [-0.15, -0.1) is 0 Å². The van der Waals surface area contributed by atoms with Gasteiger partial charge in [0, 0.05) is 20.8 Å². The number of nitrogens with zero attached hydrogens (tertiary/aromatic N) is 1. The van der Waals surface area contributed by atoms with Crippen molar-refractivity contribution in [2.75, 3.05) is 0 Å². The Morgan fingerprint density at radius 1 is 0.533 bits per heavy atom. The summed E-state index contributed by atoms with van der Waals surface area (Å²) in [6, 6.07) is 39.1. The second kappa shape index (κ2) is 6.86. The first kappa shape index (κ1) is 17.5. The summed E-state index contributed by atoms with van der Waals surface area (Å²) < 4.78 is 3.50. The van der Waals surface area contributed by atoms with Gasteiger partial charge in [0.2, 0.25) is 0 Å². The highest BCUT2D eigenvalue weighted by Crippen LogP contribution is 2.38. The molecule has 0 N–H and O–H groups in total. The van der Waals surface area contributed by atoms with E-state index in [1.165, 1.54) is 49.4 Å². The topological polar surface area (TPSA) is 4.93 Å². The van der Waals surface area contributed by atoms with Crippen LogP contribution in [0.15, 0.2) is 114 Å². The lowest BCUT2D eigenvalue weighted by Crippen LogP contribution is -1.97. The Balaban J connectivity index is 1.79. The van der Waals surface area contributed by atoms with Crippen molar-refractivity contribution in [3.05, 3.63) is 114 Å². The van der Waals surface area contributed by atoms with Gasteiger partial charge in [-0.05, 0) is 52.7 Å². The van der Waals surface area contributed by atoms with Crippen LogP contribution in [0.1, 0.15) is 0 Å². The maximum atomic E-state index is 3.68. The molecule has 0 amide bonds. The summed E-state index contributed by atoms with van der Waals surface area (Å²) in [5, 5.41) is 5.05. The molecule has 1 nitrogen and oxygen atoms in total. The van der Waals surface area contributed by atoms with Gasteiger partial charge in [0.25, 0.3) is 0 Å². The van der Waals surface area contributed by atoms with E-state index in [1.54, 1.807) is 0 Å². The van der Waals surface area contributed by atoms with E-state index >= 15 is 0 Å². The molecule has 0 radical (unpaired) electrons. The number of benzene rings is 5. The fraction of sp³-hybridized carbons (Fsp3) is 0. The summed E-state index contributed by atoms with van der Waals surface area (Å²) >= 11 is 3.68. The van der Waals surface area contributed by atoms with Crippen LogP contribution in [0.5, 0.6) is 0 Å². The summed E-state index contributed by atoms with van der Waals surface area (Å²) in [4.78, 5) is 0. The molecule has 0 saturated heterocycles. The zero-order valence-electron chi connectivity index (χ0n) is 16.2. The van der Waals surface area contributed by atoms with E-state index in [0.29, 0.717) is 0 Å². The average molecular weight is 448 g/mol. The largest absolute Gasteiger partial charge is 0.309 e. The van der Waals surface area contributed by atoms with E-state index in [-0.39, 0.29) is 0 Å². The Morgan fingerprint density at radius 2 is 1.20 bits per heavy atom. The zero-order valence-corrected chi connectivity index (χ0v) is 17.8. The molecule has 2 heteroatoms. The van der Waals surface area contributed by atoms with Crippen molar-refractivity contribution in [2.24, 2.45) is 0 Å². The lowest BCUT2D eigenvalue weighted by atomic mass is 10.0. The van der Waals surface area contributed by atoms with Gasteiger partial charge < -0.3 is 4.57 Å². The van der Waals surface area contributed by atoms with Crippen LogP contribution in [-0.2, 0) is 0 Å². The van der Waals surface area contributed by atoms with Crippen molar-refractivity contribution in [1.82, 2.24) is 4.57 Å². The quantitative estimate of drug-likeness (QED) is 0.251. The van der Waals surface area contributed by atoms with Crippen LogP contribution in [0.4, 0.5) is 0 Å². The fourth-order valence-electron chi connectivity index (χ4n) is 4.47. The normalized spacial score (nSPS) is 11.5. The Labute approximate surface area is 183 Å². The van der Waals surface area contributed by atoms with Crippen LogP contribution in [0.2, 0.25) is 0 Å². The third kappa shape index (κ3) is 2.68. The molecule has 0 aliphatic rings. The maximum Gasteiger partial charge on any atom is 0.0547 e. The molecule has 1 aromatic heterocycles. The Bertz CT molecular complexity index is 1540. The summed E-state index contributed by atoms with van der Waals surface area (Å²) in [6.07, 6.45) is 0. The van der Waals surface area contributed by atoms with Crippen molar-refractivity contribution >= 4 is 48.5 Å². The third-order valence-electron chi connectivity index (χ3n) is 5.82. The van der Waals surface area contributed by atoms with Crippen LogP contribution in [0.3, 0.4) is 0 Å². The highest BCUT2D eigenvalue weighted by atomic mass is 79.9. The van der Waals surface area contributed by atoms with Gasteiger partial charge in [0.15, 0.2) is 0 Å². The second-order valence-corrected chi connectivity index (χ2v) is 8.51. The highest BCUT2D eigenvalue weighted by Gasteiger charge is 2.16. The van der Waals surface area contributed by atoms with E-state index in [9.17, 15) is 0 Å². The van der Waals surface area contributed by atoms with Crippen molar-refractivity contribution in [1.29, 1.82) is 0 Å². The van der Waals surface area contributed by atoms with Gasteiger partial charge in [0.1, 0.15) is 0 Å². The van der Waals surface area contributed by atoms with E-state index in [2.05, 4.69) is 130 Å². The Hall–Kier alpha value is -3.36. The van der Waals surface area contributed by atoms with Crippen molar-refractivity contribution in [3.63, 3.8) is 0 Å². The van der Waals surface area contributed by atoms with E-state index in [0.717, 1.165) is 4.47 Å². The number of fused-ring (bicyclic) bond motifs is 4. The fourth-order valence-corrected chi connectivity index (χ4v) is 4.83. The van der Waals surface area contributed by atoms with Crippen LogP contribution in [0.25, 0.3) is 49.4 Å². The maximum absolute atomic E-state index is 3.68. The van der Waals surface area contributed by atoms with Gasteiger partial charge >= 0.3 is 0 Å². The first-order valence-corrected chi connectivity index (χ1v) is 10.9. The molecule has 1 heterocycles. The molecule has 6 rings (SSSR count). The van der Waals surface area contributed by atoms with Gasteiger partial charge in [-0.3, -0.25) is 0 Å². The van der Waals surface area contributed by atoms with E-state index in [4.69, 9.17) is 0 Å². The van der Waals surface area contributed by atoms with Crippen LogP contribution < -0.4 is 0 Å². The summed E-state index contributed by atoms with van der Waals surface area (Å²) in [5.41, 5.74) is 6.09. The van der Waals surface area contributed by atoms with E-state index < -0.39 is 0 Å². The van der Waals surface area contributed by atoms with Crippen LogP contribution in [0, 0.1) is 0 Å². The number of para-hydroxylation sites is 1. The summed E-state index contributed by atoms with van der Waals surface area (Å²) in [6.45, 7) is 0. The predicted molar refractivity (Wildman–Crippen MR) is 131 cm³/mol. The molecule has 0 fully saturated rings. The van der Waals surface area contributed by atoms with Gasteiger partial charge in [-0.1, -0.05) is 88.7 Å². The molecule has 0 saturated carbocycles. The zero-order chi connectivity index (χ0) is 20.1. The first-order valence-electron chi connectivity index (χ1n) is 10.1. The molecule has 30 heavy (non-hydrogen) atoms. The minimum Gasteiger partial charge on any atom is -0.309 e. The van der Waals surface area contributed by atoms with Gasteiger partial charge in [0.05, 0.1) is 16.7 Å². The van der Waals surface area contributed by atoms with Gasteiger partial charge in [-0.2, -0.15) is 0 Å². The number of halogens is 1. The van der Waals surface area contributed by atoms with Gasteiger partial charge in [-0.25, -0.2) is 0 Å². The van der Waals surface area contributed by atoms with Crippen molar-refractivity contribution < 1.29 is 0 Å². The Kier molecular flexibility index (Phi) is 4.00.